The van der Waals surface area contributed by atoms with Crippen LogP contribution < -0.4 is 11.1 Å². The highest BCUT2D eigenvalue weighted by Crippen LogP contribution is 2.30. The zero-order chi connectivity index (χ0) is 14.3. The van der Waals surface area contributed by atoms with Crippen LogP contribution in [0.1, 0.15) is 27.2 Å². The summed E-state index contributed by atoms with van der Waals surface area (Å²) in [6, 6.07) is -0.140. The molecule has 1 aliphatic heterocycles. The van der Waals surface area contributed by atoms with Gasteiger partial charge in [-0.25, -0.2) is 0 Å². The number of aliphatic imine (C=N–C) groups is 2. The van der Waals surface area contributed by atoms with Crippen molar-refractivity contribution in [1.82, 2.24) is 5.32 Å². The minimum absolute atomic E-state index is 0.0242. The second-order valence-corrected chi connectivity index (χ2v) is 5.79. The maximum atomic E-state index is 9.31. The third-order valence-corrected chi connectivity index (χ3v) is 4.03. The molecule has 0 fully saturated rings. The van der Waals surface area contributed by atoms with Crippen molar-refractivity contribution in [2.24, 2.45) is 21.6 Å². The molecule has 5 nitrogen and oxygen atoms in total. The number of aliphatic hydroxyl groups is 1. The monoisotopic (exact) mass is 284 g/mol. The highest BCUT2D eigenvalue weighted by atomic mass is 32.2. The summed E-state index contributed by atoms with van der Waals surface area (Å²) in [5.41, 5.74) is 7.14. The lowest BCUT2D eigenvalue weighted by atomic mass is 10.1. The van der Waals surface area contributed by atoms with Gasteiger partial charge in [0.05, 0.1) is 23.9 Å². The summed E-state index contributed by atoms with van der Waals surface area (Å²) >= 11 is 1.70. The quantitative estimate of drug-likeness (QED) is 0.487. The first kappa shape index (κ1) is 16.0. The first-order valence-corrected chi connectivity index (χ1v) is 7.64. The average Bonchev–Trinajstić information content (AvgIpc) is 2.84. The topological polar surface area (TPSA) is 83.0 Å². The van der Waals surface area contributed by atoms with E-state index in [4.69, 9.17) is 5.73 Å². The smallest absolute Gasteiger partial charge is 0.134 e. The first-order valence-electron chi connectivity index (χ1n) is 6.65. The Hall–Kier alpha value is -1.01. The van der Waals surface area contributed by atoms with Crippen molar-refractivity contribution in [3.05, 3.63) is 10.6 Å². The van der Waals surface area contributed by atoms with Gasteiger partial charge in [0.15, 0.2) is 0 Å². The van der Waals surface area contributed by atoms with Gasteiger partial charge in [-0.3, -0.25) is 9.98 Å². The van der Waals surface area contributed by atoms with Crippen LogP contribution in [-0.4, -0.2) is 42.2 Å². The van der Waals surface area contributed by atoms with Crippen LogP contribution in [0.25, 0.3) is 0 Å². The van der Waals surface area contributed by atoms with Gasteiger partial charge in [-0.2, -0.15) is 0 Å². The van der Waals surface area contributed by atoms with Gasteiger partial charge in [0.25, 0.3) is 0 Å². The van der Waals surface area contributed by atoms with Gasteiger partial charge in [-0.05, 0) is 19.3 Å². The number of allylic oxidation sites excluding steroid dienone is 1. The van der Waals surface area contributed by atoms with Crippen molar-refractivity contribution >= 4 is 23.9 Å². The van der Waals surface area contributed by atoms with Gasteiger partial charge in [0, 0.05) is 18.0 Å². The van der Waals surface area contributed by atoms with Crippen molar-refractivity contribution < 1.29 is 5.11 Å². The van der Waals surface area contributed by atoms with E-state index in [0.29, 0.717) is 5.84 Å². The molecule has 6 heteroatoms. The van der Waals surface area contributed by atoms with E-state index in [0.717, 1.165) is 29.3 Å². The molecule has 19 heavy (non-hydrogen) atoms. The Labute approximate surface area is 119 Å². The number of nitrogens with zero attached hydrogens (tertiary/aromatic N) is 2. The van der Waals surface area contributed by atoms with Crippen molar-refractivity contribution in [1.29, 1.82) is 0 Å². The molecule has 108 valence electrons. The standard InChI is InChI=1S/C13H24N4OS/c1-4-15-8-16-10-5-6-19-12(10)13(14)17-11(7-18)9(2)3/h8-9,11,18H,4-7H2,1-3H3,(H2,14,17)(H,15,16). The lowest BCUT2D eigenvalue weighted by Gasteiger charge is -2.15. The fourth-order valence-corrected chi connectivity index (χ4v) is 2.72. The van der Waals surface area contributed by atoms with E-state index in [1.165, 1.54) is 0 Å². The van der Waals surface area contributed by atoms with Crippen LogP contribution in [0, 0.1) is 5.92 Å². The molecule has 1 atom stereocenters. The lowest BCUT2D eigenvalue weighted by molar-refractivity contribution is 0.240. The van der Waals surface area contributed by atoms with E-state index in [-0.39, 0.29) is 18.6 Å². The predicted octanol–water partition coefficient (Wildman–Crippen LogP) is 1.35. The van der Waals surface area contributed by atoms with E-state index in [9.17, 15) is 5.11 Å². The molecule has 0 spiro atoms. The highest BCUT2D eigenvalue weighted by Gasteiger charge is 2.20. The normalized spacial score (nSPS) is 18.7. The van der Waals surface area contributed by atoms with Gasteiger partial charge in [0.2, 0.25) is 0 Å². The van der Waals surface area contributed by atoms with E-state index in [2.05, 4.69) is 15.3 Å². The Balaban J connectivity index is 2.82. The summed E-state index contributed by atoms with van der Waals surface area (Å²) in [7, 11) is 0. The Bertz CT molecular complexity index is 377. The van der Waals surface area contributed by atoms with Crippen LogP contribution in [0.5, 0.6) is 0 Å². The summed E-state index contributed by atoms with van der Waals surface area (Å²) < 4.78 is 0. The zero-order valence-electron chi connectivity index (χ0n) is 11.9. The molecule has 0 saturated carbocycles. The maximum absolute atomic E-state index is 9.31. The fraction of sp³-hybridized carbons (Fsp3) is 0.692. The molecule has 1 rings (SSSR count). The minimum Gasteiger partial charge on any atom is -0.394 e. The number of rotatable bonds is 7. The second kappa shape index (κ2) is 8.22. The van der Waals surface area contributed by atoms with Gasteiger partial charge in [0.1, 0.15) is 5.84 Å². The largest absolute Gasteiger partial charge is 0.394 e. The molecule has 0 aromatic carbocycles. The molecular weight excluding hydrogens is 260 g/mol. The molecule has 0 saturated heterocycles. The predicted molar refractivity (Wildman–Crippen MR) is 83.6 cm³/mol. The lowest BCUT2D eigenvalue weighted by Crippen LogP contribution is -2.25. The molecule has 0 aromatic rings. The van der Waals surface area contributed by atoms with Crippen LogP contribution in [0.2, 0.25) is 0 Å². The average molecular weight is 284 g/mol. The van der Waals surface area contributed by atoms with Crippen LogP contribution >= 0.6 is 11.8 Å². The number of hydrogen-bond acceptors (Lipinski definition) is 4. The molecule has 4 N–H and O–H groups in total. The summed E-state index contributed by atoms with van der Waals surface area (Å²) in [6.45, 7) is 6.83. The van der Waals surface area contributed by atoms with Crippen LogP contribution in [0.3, 0.4) is 0 Å². The van der Waals surface area contributed by atoms with Crippen LogP contribution in [-0.2, 0) is 0 Å². The van der Waals surface area contributed by atoms with Crippen molar-refractivity contribution in [3.63, 3.8) is 0 Å². The molecule has 0 aromatic heterocycles. The number of hydrogen-bond donors (Lipinski definition) is 3. The van der Waals surface area contributed by atoms with E-state index in [1.54, 1.807) is 18.1 Å². The Morgan fingerprint density at radius 2 is 2.32 bits per heavy atom. The van der Waals surface area contributed by atoms with Crippen LogP contribution in [0.15, 0.2) is 20.6 Å². The molecule has 1 aliphatic rings. The van der Waals surface area contributed by atoms with Gasteiger partial charge in [-0.1, -0.05) is 13.8 Å². The van der Waals surface area contributed by atoms with Crippen molar-refractivity contribution in [2.45, 2.75) is 33.2 Å². The number of nitrogens with two attached hydrogens (primary N) is 1. The highest BCUT2D eigenvalue weighted by molar-refractivity contribution is 8.04. The molecule has 0 amide bonds. The van der Waals surface area contributed by atoms with Gasteiger partial charge >= 0.3 is 0 Å². The second-order valence-electron chi connectivity index (χ2n) is 4.69. The number of thioether (sulfide) groups is 1. The number of aliphatic hydroxyl groups excluding tert-OH is 1. The number of nitrogens with one attached hydrogen (secondary N) is 1. The summed E-state index contributed by atoms with van der Waals surface area (Å²) in [6.07, 6.45) is 2.65. The Kier molecular flexibility index (Phi) is 6.94. The van der Waals surface area contributed by atoms with E-state index < -0.39 is 0 Å². The number of amidine groups is 1. The molecule has 1 unspecified atom stereocenters. The summed E-state index contributed by atoms with van der Waals surface area (Å²) in [5, 5.41) is 12.5. The van der Waals surface area contributed by atoms with E-state index in [1.807, 2.05) is 20.8 Å². The third-order valence-electron chi connectivity index (χ3n) is 2.88. The maximum Gasteiger partial charge on any atom is 0.134 e. The zero-order valence-corrected chi connectivity index (χ0v) is 12.7. The Morgan fingerprint density at radius 3 is 2.89 bits per heavy atom. The van der Waals surface area contributed by atoms with Crippen molar-refractivity contribution in [3.8, 4) is 0 Å². The molecule has 0 bridgehead atoms. The van der Waals surface area contributed by atoms with Gasteiger partial charge in [-0.15, -0.1) is 11.8 Å². The van der Waals surface area contributed by atoms with Crippen LogP contribution in [0.4, 0.5) is 0 Å². The molecule has 1 heterocycles. The van der Waals surface area contributed by atoms with Gasteiger partial charge < -0.3 is 16.2 Å². The fourth-order valence-electron chi connectivity index (χ4n) is 1.67. The SMILES string of the molecule is CCN=CNC1=C(C(N)=NC(CO)C(C)C)SCC1. The summed E-state index contributed by atoms with van der Waals surface area (Å²) in [5.74, 6) is 1.79. The summed E-state index contributed by atoms with van der Waals surface area (Å²) in [4.78, 5) is 9.56. The minimum atomic E-state index is -0.140. The molecular formula is C13H24N4OS. The van der Waals surface area contributed by atoms with Crippen molar-refractivity contribution in [2.75, 3.05) is 18.9 Å². The Morgan fingerprint density at radius 1 is 1.58 bits per heavy atom. The molecule has 0 aliphatic carbocycles. The van der Waals surface area contributed by atoms with E-state index >= 15 is 0 Å². The molecule has 0 radical (unpaired) electrons. The first-order chi connectivity index (χ1) is 9.10. The third kappa shape index (κ3) is 4.87.